The molecule has 0 saturated heterocycles. The molecule has 19 heavy (non-hydrogen) atoms. The molecule has 0 saturated carbocycles. The van der Waals surface area contributed by atoms with Gasteiger partial charge in [0.15, 0.2) is 0 Å². The molecule has 0 unspecified atom stereocenters. The van der Waals surface area contributed by atoms with Gasteiger partial charge in [-0.05, 0) is 43.4 Å². The molecule has 1 aliphatic rings. The second kappa shape index (κ2) is 5.34. The molecule has 1 aromatic heterocycles. The van der Waals surface area contributed by atoms with E-state index in [9.17, 15) is 4.79 Å². The molecule has 0 fully saturated rings. The van der Waals surface area contributed by atoms with Crippen LogP contribution in [0.3, 0.4) is 0 Å². The van der Waals surface area contributed by atoms with Crippen LogP contribution in [0.2, 0.25) is 0 Å². The van der Waals surface area contributed by atoms with Crippen molar-refractivity contribution >= 4 is 11.6 Å². The summed E-state index contributed by atoms with van der Waals surface area (Å²) in [6.45, 7) is 6.52. The molecule has 1 N–H and O–H groups in total. The van der Waals surface area contributed by atoms with E-state index in [1.54, 1.807) is 24.5 Å². The molecule has 0 atom stereocenters. The molecule has 4 heteroatoms. The van der Waals surface area contributed by atoms with Crippen LogP contribution in [-0.2, 0) is 0 Å². The average Bonchev–Trinajstić information content (AvgIpc) is 2.34. The summed E-state index contributed by atoms with van der Waals surface area (Å²) in [6.07, 6.45) is 7.19. The first-order chi connectivity index (χ1) is 8.96. The van der Waals surface area contributed by atoms with Crippen LogP contribution < -0.4 is 5.43 Å². The largest absolute Gasteiger partial charge is 0.271 e. The normalized spacial score (nSPS) is 19.9. The predicted octanol–water partition coefficient (Wildman–Crippen LogP) is 2.93. The SMILES string of the molecule is CC1=C/C(=N\NC(=O)c2ccncc2)CC(C)(C)C1. The van der Waals surface area contributed by atoms with Crippen LogP contribution in [0.4, 0.5) is 0 Å². The number of allylic oxidation sites excluding steroid dienone is 2. The molecule has 0 spiro atoms. The highest BCUT2D eigenvalue weighted by molar-refractivity contribution is 5.99. The van der Waals surface area contributed by atoms with E-state index in [2.05, 4.69) is 42.4 Å². The van der Waals surface area contributed by atoms with Gasteiger partial charge < -0.3 is 0 Å². The van der Waals surface area contributed by atoms with E-state index >= 15 is 0 Å². The number of hydrazone groups is 1. The third-order valence-electron chi connectivity index (χ3n) is 3.07. The van der Waals surface area contributed by atoms with Gasteiger partial charge in [0.1, 0.15) is 0 Å². The smallest absolute Gasteiger partial charge is 0.267 e. The highest BCUT2D eigenvalue weighted by Gasteiger charge is 2.24. The molecule has 1 aliphatic carbocycles. The van der Waals surface area contributed by atoms with Gasteiger partial charge in [-0.1, -0.05) is 19.4 Å². The molecular formula is C15H19N3O. The number of carbonyl (C=O) groups excluding carboxylic acids is 1. The van der Waals surface area contributed by atoms with Gasteiger partial charge in [-0.15, -0.1) is 0 Å². The fraction of sp³-hybridized carbons (Fsp3) is 0.400. The maximum Gasteiger partial charge on any atom is 0.271 e. The molecule has 100 valence electrons. The number of pyridine rings is 1. The zero-order chi connectivity index (χ0) is 13.9. The minimum atomic E-state index is -0.204. The predicted molar refractivity (Wildman–Crippen MR) is 75.9 cm³/mol. The van der Waals surface area contributed by atoms with E-state index in [1.165, 1.54) is 5.57 Å². The molecule has 0 aromatic carbocycles. The van der Waals surface area contributed by atoms with Crippen molar-refractivity contribution in [3.63, 3.8) is 0 Å². The molecule has 1 amide bonds. The highest BCUT2D eigenvalue weighted by Crippen LogP contribution is 2.33. The summed E-state index contributed by atoms with van der Waals surface area (Å²) in [6, 6.07) is 3.34. The number of nitrogens with one attached hydrogen (secondary N) is 1. The lowest BCUT2D eigenvalue weighted by molar-refractivity contribution is 0.0954. The van der Waals surface area contributed by atoms with Crippen LogP contribution in [0, 0.1) is 5.41 Å². The summed E-state index contributed by atoms with van der Waals surface area (Å²) in [5.41, 5.74) is 5.60. The lowest BCUT2D eigenvalue weighted by atomic mass is 9.77. The number of nitrogens with zero attached hydrogens (tertiary/aromatic N) is 2. The molecule has 1 heterocycles. The van der Waals surface area contributed by atoms with E-state index in [1.807, 2.05) is 0 Å². The fourth-order valence-corrected chi connectivity index (χ4v) is 2.46. The van der Waals surface area contributed by atoms with Crippen molar-refractivity contribution in [3.8, 4) is 0 Å². The summed E-state index contributed by atoms with van der Waals surface area (Å²) >= 11 is 0. The van der Waals surface area contributed by atoms with Crippen LogP contribution in [0.15, 0.2) is 41.3 Å². The summed E-state index contributed by atoms with van der Waals surface area (Å²) < 4.78 is 0. The van der Waals surface area contributed by atoms with Crippen LogP contribution in [-0.4, -0.2) is 16.6 Å². The Kier molecular flexibility index (Phi) is 3.79. The number of hydrogen-bond acceptors (Lipinski definition) is 3. The molecule has 4 nitrogen and oxygen atoms in total. The average molecular weight is 257 g/mol. The number of amides is 1. The van der Waals surface area contributed by atoms with Crippen molar-refractivity contribution in [2.24, 2.45) is 10.5 Å². The Morgan fingerprint density at radius 2 is 2.00 bits per heavy atom. The van der Waals surface area contributed by atoms with Crippen LogP contribution in [0.25, 0.3) is 0 Å². The molecule has 2 rings (SSSR count). The third kappa shape index (κ3) is 3.74. The van der Waals surface area contributed by atoms with E-state index < -0.39 is 0 Å². The van der Waals surface area contributed by atoms with Crippen molar-refractivity contribution in [1.29, 1.82) is 0 Å². The summed E-state index contributed by atoms with van der Waals surface area (Å²) in [4.78, 5) is 15.7. The van der Waals surface area contributed by atoms with E-state index in [0.29, 0.717) is 5.56 Å². The van der Waals surface area contributed by atoms with Gasteiger partial charge in [0.25, 0.3) is 5.91 Å². The molecule has 0 aliphatic heterocycles. The van der Waals surface area contributed by atoms with Crippen molar-refractivity contribution < 1.29 is 4.79 Å². The minimum absolute atomic E-state index is 0.204. The topological polar surface area (TPSA) is 54.4 Å². The maximum atomic E-state index is 11.9. The van der Waals surface area contributed by atoms with Crippen molar-refractivity contribution in [1.82, 2.24) is 10.4 Å². The quantitative estimate of drug-likeness (QED) is 0.828. The molecule has 1 aromatic rings. The standard InChI is InChI=1S/C15H19N3O/c1-11-8-13(10-15(2,3)9-11)17-18-14(19)12-4-6-16-7-5-12/h4-8H,9-10H2,1-3H3,(H,18,19)/b17-13+. The first-order valence-corrected chi connectivity index (χ1v) is 6.40. The van der Waals surface area contributed by atoms with Crippen molar-refractivity contribution in [2.75, 3.05) is 0 Å². The Balaban J connectivity index is 2.07. The van der Waals surface area contributed by atoms with Crippen LogP contribution in [0.5, 0.6) is 0 Å². The summed E-state index contributed by atoms with van der Waals surface area (Å²) in [5.74, 6) is -0.204. The zero-order valence-corrected chi connectivity index (χ0v) is 11.6. The second-order valence-corrected chi connectivity index (χ2v) is 5.79. The van der Waals surface area contributed by atoms with Gasteiger partial charge in [-0.2, -0.15) is 5.10 Å². The Morgan fingerprint density at radius 3 is 2.63 bits per heavy atom. The van der Waals surface area contributed by atoms with E-state index in [0.717, 1.165) is 18.6 Å². The van der Waals surface area contributed by atoms with Crippen molar-refractivity contribution in [3.05, 3.63) is 41.7 Å². The first-order valence-electron chi connectivity index (χ1n) is 6.40. The Morgan fingerprint density at radius 1 is 1.32 bits per heavy atom. The summed E-state index contributed by atoms with van der Waals surface area (Å²) in [7, 11) is 0. The van der Waals surface area contributed by atoms with E-state index in [4.69, 9.17) is 0 Å². The number of rotatable bonds is 2. The van der Waals surface area contributed by atoms with Gasteiger partial charge in [-0.25, -0.2) is 5.43 Å². The lowest BCUT2D eigenvalue weighted by Crippen LogP contribution is -2.25. The van der Waals surface area contributed by atoms with Crippen LogP contribution >= 0.6 is 0 Å². The number of carbonyl (C=O) groups is 1. The van der Waals surface area contributed by atoms with Gasteiger partial charge in [0.05, 0.1) is 5.71 Å². The fourth-order valence-electron chi connectivity index (χ4n) is 2.46. The summed E-state index contributed by atoms with van der Waals surface area (Å²) in [5, 5.41) is 4.23. The van der Waals surface area contributed by atoms with Gasteiger partial charge in [-0.3, -0.25) is 9.78 Å². The lowest BCUT2D eigenvalue weighted by Gasteiger charge is -2.29. The number of hydrogen-bond donors (Lipinski definition) is 1. The first kappa shape index (κ1) is 13.5. The van der Waals surface area contributed by atoms with Gasteiger partial charge in [0, 0.05) is 18.0 Å². The molecule has 0 bridgehead atoms. The van der Waals surface area contributed by atoms with Gasteiger partial charge in [0.2, 0.25) is 0 Å². The van der Waals surface area contributed by atoms with Crippen LogP contribution in [0.1, 0.15) is 44.0 Å². The van der Waals surface area contributed by atoms with E-state index in [-0.39, 0.29) is 11.3 Å². The second-order valence-electron chi connectivity index (χ2n) is 5.79. The minimum Gasteiger partial charge on any atom is -0.267 e. The molecule has 0 radical (unpaired) electrons. The van der Waals surface area contributed by atoms with Gasteiger partial charge >= 0.3 is 0 Å². The maximum absolute atomic E-state index is 11.9. The zero-order valence-electron chi connectivity index (χ0n) is 11.6. The highest BCUT2D eigenvalue weighted by atomic mass is 16.2. The van der Waals surface area contributed by atoms with Crippen molar-refractivity contribution in [2.45, 2.75) is 33.6 Å². The Hall–Kier alpha value is -1.97. The molecular weight excluding hydrogens is 238 g/mol. The Labute approximate surface area is 113 Å². The monoisotopic (exact) mass is 257 g/mol. The third-order valence-corrected chi connectivity index (χ3v) is 3.07. The Bertz CT molecular complexity index is 530. The number of aromatic nitrogens is 1.